The first-order chi connectivity index (χ1) is 10.0. The largest absolute Gasteiger partial charge is 0.506 e. The van der Waals surface area contributed by atoms with E-state index in [1.165, 1.54) is 6.07 Å². The van der Waals surface area contributed by atoms with Gasteiger partial charge in [0, 0.05) is 18.4 Å². The molecular formula is C15H15NO5. The fourth-order valence-corrected chi connectivity index (χ4v) is 2.06. The predicted octanol–water partition coefficient (Wildman–Crippen LogP) is 1.11. The van der Waals surface area contributed by atoms with Gasteiger partial charge >= 0.3 is 5.97 Å². The van der Waals surface area contributed by atoms with E-state index in [0.717, 1.165) is 5.39 Å². The lowest BCUT2D eigenvalue weighted by molar-refractivity contribution is -0.139. The molecule has 0 fully saturated rings. The van der Waals surface area contributed by atoms with E-state index in [1.54, 1.807) is 24.3 Å². The third-order valence-corrected chi connectivity index (χ3v) is 3.17. The van der Waals surface area contributed by atoms with Crippen molar-refractivity contribution in [1.82, 2.24) is 5.32 Å². The Morgan fingerprint density at radius 3 is 2.52 bits per heavy atom. The number of fused-ring (bicyclic) bond motifs is 1. The van der Waals surface area contributed by atoms with E-state index < -0.39 is 17.9 Å². The number of hydrogen-bond donors (Lipinski definition) is 4. The summed E-state index contributed by atoms with van der Waals surface area (Å²) in [5, 5.41) is 31.5. The van der Waals surface area contributed by atoms with Crippen LogP contribution in [0.4, 0.5) is 0 Å². The molecule has 0 aliphatic carbocycles. The minimum atomic E-state index is -1.24. The van der Waals surface area contributed by atoms with Crippen molar-refractivity contribution >= 4 is 22.6 Å². The van der Waals surface area contributed by atoms with E-state index in [9.17, 15) is 14.7 Å². The monoisotopic (exact) mass is 289 g/mol. The summed E-state index contributed by atoms with van der Waals surface area (Å²) in [7, 11) is 0. The predicted molar refractivity (Wildman–Crippen MR) is 76.2 cm³/mol. The second kappa shape index (κ2) is 6.23. The number of aliphatic hydroxyl groups excluding tert-OH is 1. The highest BCUT2D eigenvalue weighted by molar-refractivity contribution is 6.04. The lowest BCUT2D eigenvalue weighted by Gasteiger charge is -2.14. The number of nitrogens with one attached hydrogen (secondary N) is 1. The molecule has 21 heavy (non-hydrogen) atoms. The standard InChI is InChI=1S/C15H15NO5/c17-8-7-12(15(20)21)16-14(19)11-6-5-9-3-1-2-4-10(9)13(11)18/h1-6,12,17-18H,7-8H2,(H,16,19)(H,20,21)/t12-/m0/s1. The molecule has 1 amide bonds. The zero-order chi connectivity index (χ0) is 15.4. The maximum absolute atomic E-state index is 12.1. The Morgan fingerprint density at radius 2 is 1.86 bits per heavy atom. The summed E-state index contributed by atoms with van der Waals surface area (Å²) in [4.78, 5) is 23.0. The Labute approximate surface area is 120 Å². The number of carbonyl (C=O) groups excluding carboxylic acids is 1. The Balaban J connectivity index is 2.31. The van der Waals surface area contributed by atoms with Crippen LogP contribution in [0.25, 0.3) is 10.8 Å². The molecule has 0 spiro atoms. The molecule has 0 saturated carbocycles. The average molecular weight is 289 g/mol. The van der Waals surface area contributed by atoms with Crippen molar-refractivity contribution < 1.29 is 24.9 Å². The molecule has 0 aliphatic heterocycles. The van der Waals surface area contributed by atoms with E-state index in [2.05, 4.69) is 5.32 Å². The number of aliphatic hydroxyl groups is 1. The molecule has 110 valence electrons. The van der Waals surface area contributed by atoms with Crippen LogP contribution in [0.2, 0.25) is 0 Å². The SMILES string of the molecule is O=C(N[C@@H](CCO)C(=O)O)c1ccc2ccccc2c1O. The van der Waals surface area contributed by atoms with Gasteiger partial charge in [-0.1, -0.05) is 30.3 Å². The molecule has 6 nitrogen and oxygen atoms in total. The van der Waals surface area contributed by atoms with Gasteiger partial charge in [0.25, 0.3) is 5.91 Å². The Morgan fingerprint density at radius 1 is 1.14 bits per heavy atom. The van der Waals surface area contributed by atoms with Gasteiger partial charge < -0.3 is 20.6 Å². The van der Waals surface area contributed by atoms with Crippen LogP contribution in [-0.4, -0.2) is 39.8 Å². The number of carboxylic acid groups (broad SMARTS) is 1. The highest BCUT2D eigenvalue weighted by atomic mass is 16.4. The number of amides is 1. The topological polar surface area (TPSA) is 107 Å². The molecule has 2 aromatic rings. The van der Waals surface area contributed by atoms with E-state index in [4.69, 9.17) is 10.2 Å². The maximum Gasteiger partial charge on any atom is 0.326 e. The fourth-order valence-electron chi connectivity index (χ4n) is 2.06. The van der Waals surface area contributed by atoms with E-state index in [1.807, 2.05) is 6.07 Å². The van der Waals surface area contributed by atoms with Crippen molar-refractivity contribution in [3.63, 3.8) is 0 Å². The molecule has 6 heteroatoms. The van der Waals surface area contributed by atoms with Gasteiger partial charge in [-0.15, -0.1) is 0 Å². The smallest absolute Gasteiger partial charge is 0.326 e. The number of hydrogen-bond acceptors (Lipinski definition) is 4. The van der Waals surface area contributed by atoms with Crippen molar-refractivity contribution in [3.05, 3.63) is 42.0 Å². The number of carboxylic acids is 1. The van der Waals surface area contributed by atoms with Crippen molar-refractivity contribution in [1.29, 1.82) is 0 Å². The molecule has 2 rings (SSSR count). The summed E-state index contributed by atoms with van der Waals surface area (Å²) >= 11 is 0. The number of benzene rings is 2. The van der Waals surface area contributed by atoms with Gasteiger partial charge in [-0.05, 0) is 11.5 Å². The number of rotatable bonds is 5. The van der Waals surface area contributed by atoms with E-state index in [0.29, 0.717) is 5.39 Å². The third-order valence-electron chi connectivity index (χ3n) is 3.17. The summed E-state index contributed by atoms with van der Waals surface area (Å²) < 4.78 is 0. The highest BCUT2D eigenvalue weighted by Crippen LogP contribution is 2.28. The molecule has 0 unspecified atom stereocenters. The van der Waals surface area contributed by atoms with Gasteiger partial charge in [-0.2, -0.15) is 0 Å². The lowest BCUT2D eigenvalue weighted by Crippen LogP contribution is -2.41. The Bertz CT molecular complexity index is 683. The first kappa shape index (κ1) is 14.8. The summed E-state index contributed by atoms with van der Waals surface area (Å²) in [6.07, 6.45) is -0.102. The van der Waals surface area contributed by atoms with Gasteiger partial charge in [0.1, 0.15) is 11.8 Å². The van der Waals surface area contributed by atoms with Crippen molar-refractivity contribution in [2.24, 2.45) is 0 Å². The van der Waals surface area contributed by atoms with Gasteiger partial charge in [0.15, 0.2) is 0 Å². The van der Waals surface area contributed by atoms with Gasteiger partial charge in [0.05, 0.1) is 5.56 Å². The number of phenols is 1. The maximum atomic E-state index is 12.1. The van der Waals surface area contributed by atoms with Crippen LogP contribution in [0, 0.1) is 0 Å². The molecule has 1 atom stereocenters. The lowest BCUT2D eigenvalue weighted by atomic mass is 10.0. The molecule has 0 radical (unpaired) electrons. The number of phenolic OH excluding ortho intramolecular Hbond substituents is 1. The average Bonchev–Trinajstić information content (AvgIpc) is 2.47. The number of carbonyl (C=O) groups is 2. The highest BCUT2D eigenvalue weighted by Gasteiger charge is 2.22. The number of aromatic hydroxyl groups is 1. The van der Waals surface area contributed by atoms with E-state index in [-0.39, 0.29) is 24.3 Å². The van der Waals surface area contributed by atoms with Crippen LogP contribution in [0.1, 0.15) is 16.8 Å². The normalized spacial score (nSPS) is 12.0. The minimum absolute atomic E-state index is 0.00195. The van der Waals surface area contributed by atoms with Gasteiger partial charge in [-0.3, -0.25) is 4.79 Å². The van der Waals surface area contributed by atoms with Gasteiger partial charge in [0.2, 0.25) is 0 Å². The van der Waals surface area contributed by atoms with Gasteiger partial charge in [-0.25, -0.2) is 4.79 Å². The second-order valence-electron chi connectivity index (χ2n) is 4.56. The van der Waals surface area contributed by atoms with Crippen molar-refractivity contribution in [2.75, 3.05) is 6.61 Å². The molecule has 0 bridgehead atoms. The third kappa shape index (κ3) is 3.11. The Kier molecular flexibility index (Phi) is 4.39. The van der Waals surface area contributed by atoms with Crippen LogP contribution in [0.5, 0.6) is 5.75 Å². The van der Waals surface area contributed by atoms with Crippen LogP contribution < -0.4 is 5.32 Å². The zero-order valence-corrected chi connectivity index (χ0v) is 11.1. The van der Waals surface area contributed by atoms with Crippen LogP contribution >= 0.6 is 0 Å². The Hall–Kier alpha value is -2.60. The second-order valence-corrected chi connectivity index (χ2v) is 4.56. The molecule has 0 heterocycles. The van der Waals surface area contributed by atoms with E-state index >= 15 is 0 Å². The number of aliphatic carboxylic acids is 1. The summed E-state index contributed by atoms with van der Waals surface area (Å²) in [5.74, 6) is -2.13. The minimum Gasteiger partial charge on any atom is -0.506 e. The summed E-state index contributed by atoms with van der Waals surface area (Å²) in [5.41, 5.74) is -0.00195. The first-order valence-corrected chi connectivity index (χ1v) is 6.40. The van der Waals surface area contributed by atoms with Crippen LogP contribution in [0.3, 0.4) is 0 Å². The fraction of sp³-hybridized carbons (Fsp3) is 0.200. The molecular weight excluding hydrogens is 274 g/mol. The molecule has 0 saturated heterocycles. The molecule has 0 aromatic heterocycles. The van der Waals surface area contributed by atoms with Crippen molar-refractivity contribution in [2.45, 2.75) is 12.5 Å². The van der Waals surface area contributed by atoms with Crippen molar-refractivity contribution in [3.8, 4) is 5.75 Å². The first-order valence-electron chi connectivity index (χ1n) is 6.40. The molecule has 0 aliphatic rings. The van der Waals surface area contributed by atoms with Crippen LogP contribution in [0.15, 0.2) is 36.4 Å². The molecule has 2 aromatic carbocycles. The summed E-state index contributed by atoms with van der Waals surface area (Å²) in [6, 6.07) is 8.91. The summed E-state index contributed by atoms with van der Waals surface area (Å²) in [6.45, 7) is -0.360. The zero-order valence-electron chi connectivity index (χ0n) is 11.1. The van der Waals surface area contributed by atoms with Crippen LogP contribution in [-0.2, 0) is 4.79 Å². The quantitative estimate of drug-likeness (QED) is 0.659. The molecule has 4 N–H and O–H groups in total.